The van der Waals surface area contributed by atoms with E-state index in [-0.39, 0.29) is 0 Å². The molecule has 0 aliphatic carbocycles. The number of para-hydroxylation sites is 3. The Kier molecular flexibility index (Phi) is 2.71. The number of aromatic nitrogens is 2. The van der Waals surface area contributed by atoms with Crippen molar-refractivity contribution in [3.05, 3.63) is 84.9 Å². The number of fused-ring (bicyclic) bond motifs is 8. The van der Waals surface area contributed by atoms with Crippen molar-refractivity contribution in [2.24, 2.45) is 0 Å². The molecule has 4 nitrogen and oxygen atoms in total. The van der Waals surface area contributed by atoms with Gasteiger partial charge in [0, 0.05) is 16.2 Å². The predicted molar refractivity (Wildman–Crippen MR) is 116 cm³/mol. The molecule has 4 heteroatoms. The fourth-order valence-corrected chi connectivity index (χ4v) is 4.41. The van der Waals surface area contributed by atoms with Crippen molar-refractivity contribution < 1.29 is 8.83 Å². The van der Waals surface area contributed by atoms with Gasteiger partial charge in [0.15, 0.2) is 5.58 Å². The van der Waals surface area contributed by atoms with Gasteiger partial charge in [-0.2, -0.15) is 4.98 Å². The Hall–Kier alpha value is -4.05. The summed E-state index contributed by atoms with van der Waals surface area (Å²) in [7, 11) is 0. The molecule has 136 valence electrons. The van der Waals surface area contributed by atoms with Crippen LogP contribution in [0.2, 0.25) is 0 Å². The van der Waals surface area contributed by atoms with Crippen LogP contribution in [0.3, 0.4) is 0 Å². The van der Waals surface area contributed by atoms with E-state index in [0.717, 1.165) is 44.1 Å². The first-order valence-electron chi connectivity index (χ1n) is 9.58. The maximum absolute atomic E-state index is 6.40. The second-order valence-electron chi connectivity index (χ2n) is 7.25. The average molecular weight is 374 g/mol. The van der Waals surface area contributed by atoms with Crippen molar-refractivity contribution in [1.82, 2.24) is 9.55 Å². The first-order chi connectivity index (χ1) is 14.4. The number of hydrogen-bond donors (Lipinski definition) is 0. The summed E-state index contributed by atoms with van der Waals surface area (Å²) in [5, 5.41) is 4.38. The molecule has 3 aromatic heterocycles. The van der Waals surface area contributed by atoms with E-state index in [4.69, 9.17) is 13.8 Å². The van der Waals surface area contributed by atoms with E-state index >= 15 is 0 Å². The van der Waals surface area contributed by atoms with E-state index < -0.39 is 0 Å². The smallest absolute Gasteiger partial charge is 0.307 e. The number of benzene rings is 4. The topological polar surface area (TPSA) is 44.1 Å². The van der Waals surface area contributed by atoms with Crippen LogP contribution in [-0.4, -0.2) is 9.55 Å². The van der Waals surface area contributed by atoms with Gasteiger partial charge in [-0.05, 0) is 30.3 Å². The quantitative estimate of drug-likeness (QED) is 0.316. The maximum Gasteiger partial charge on any atom is 0.307 e. The molecule has 0 aliphatic rings. The van der Waals surface area contributed by atoms with Crippen LogP contribution in [-0.2, 0) is 0 Å². The molecule has 0 unspecified atom stereocenters. The third-order valence-corrected chi connectivity index (χ3v) is 5.66. The minimum atomic E-state index is 0.565. The van der Waals surface area contributed by atoms with Gasteiger partial charge in [-0.3, -0.25) is 4.57 Å². The maximum atomic E-state index is 6.40. The molecule has 7 rings (SSSR count). The minimum Gasteiger partial charge on any atom is -0.456 e. The Bertz CT molecular complexity index is 1660. The molecule has 0 aliphatic heterocycles. The van der Waals surface area contributed by atoms with Crippen molar-refractivity contribution in [3.63, 3.8) is 0 Å². The highest BCUT2D eigenvalue weighted by molar-refractivity contribution is 6.16. The van der Waals surface area contributed by atoms with Crippen LogP contribution in [0.25, 0.3) is 60.9 Å². The molecule has 7 aromatic rings. The minimum absolute atomic E-state index is 0.565. The molecular weight excluding hydrogens is 360 g/mol. The largest absolute Gasteiger partial charge is 0.456 e. The lowest BCUT2D eigenvalue weighted by atomic mass is 10.1. The number of rotatable bonds is 1. The van der Waals surface area contributed by atoms with Crippen molar-refractivity contribution in [3.8, 4) is 6.01 Å². The molecule has 0 fully saturated rings. The SMILES string of the molecule is c1ccc2c(c1)oc1ccc3nc(-n4c5ccccc5c5ccccc54)oc3c12. The van der Waals surface area contributed by atoms with Crippen LogP contribution in [0.1, 0.15) is 0 Å². The molecule has 0 N–H and O–H groups in total. The van der Waals surface area contributed by atoms with Crippen LogP contribution >= 0.6 is 0 Å². The highest BCUT2D eigenvalue weighted by Crippen LogP contribution is 2.37. The van der Waals surface area contributed by atoms with Crippen LogP contribution in [0.4, 0.5) is 0 Å². The number of oxazole rings is 1. The first kappa shape index (κ1) is 14.9. The zero-order valence-electron chi connectivity index (χ0n) is 15.3. The standard InChI is InChI=1S/C25H14N2O2/c1-4-10-19-15(7-1)16-8-2-5-11-20(16)27(19)25-26-18-13-14-22-23(24(18)29-25)17-9-3-6-12-21(17)28-22/h1-14H. The molecule has 0 atom stereocenters. The highest BCUT2D eigenvalue weighted by Gasteiger charge is 2.19. The van der Waals surface area contributed by atoms with E-state index in [1.54, 1.807) is 0 Å². The fourth-order valence-electron chi connectivity index (χ4n) is 4.41. The summed E-state index contributed by atoms with van der Waals surface area (Å²) in [6, 6.07) is 29.2. The fraction of sp³-hybridized carbons (Fsp3) is 0. The molecule has 0 amide bonds. The summed E-state index contributed by atoms with van der Waals surface area (Å²) in [6.45, 7) is 0. The van der Waals surface area contributed by atoms with E-state index in [1.807, 2.05) is 42.5 Å². The van der Waals surface area contributed by atoms with Gasteiger partial charge in [-0.25, -0.2) is 0 Å². The van der Waals surface area contributed by atoms with Crippen LogP contribution in [0.5, 0.6) is 0 Å². The van der Waals surface area contributed by atoms with E-state index in [0.29, 0.717) is 6.01 Å². The zero-order valence-corrected chi connectivity index (χ0v) is 15.3. The van der Waals surface area contributed by atoms with Crippen molar-refractivity contribution in [2.75, 3.05) is 0 Å². The molecule has 4 aromatic carbocycles. The van der Waals surface area contributed by atoms with Gasteiger partial charge in [0.1, 0.15) is 16.7 Å². The predicted octanol–water partition coefficient (Wildman–Crippen LogP) is 6.82. The van der Waals surface area contributed by atoms with Crippen LogP contribution in [0.15, 0.2) is 93.8 Å². The molecule has 0 saturated carbocycles. The van der Waals surface area contributed by atoms with Gasteiger partial charge in [0.25, 0.3) is 0 Å². The molecule has 0 bridgehead atoms. The Labute approximate surface area is 164 Å². The Balaban J connectivity index is 1.63. The number of furan rings is 1. The number of nitrogens with zero attached hydrogens (tertiary/aromatic N) is 2. The van der Waals surface area contributed by atoms with Gasteiger partial charge < -0.3 is 8.83 Å². The Morgan fingerprint density at radius 1 is 0.586 bits per heavy atom. The van der Waals surface area contributed by atoms with Gasteiger partial charge in [0.2, 0.25) is 0 Å². The van der Waals surface area contributed by atoms with Gasteiger partial charge in [-0.15, -0.1) is 0 Å². The molecular formula is C25H14N2O2. The van der Waals surface area contributed by atoms with Gasteiger partial charge >= 0.3 is 6.01 Å². The van der Waals surface area contributed by atoms with Crippen LogP contribution in [0, 0.1) is 0 Å². The molecule has 0 radical (unpaired) electrons. The summed E-state index contributed by atoms with van der Waals surface area (Å²) in [5.74, 6) is 0. The zero-order chi connectivity index (χ0) is 18.9. The second-order valence-corrected chi connectivity index (χ2v) is 7.25. The summed E-state index contributed by atoms with van der Waals surface area (Å²) < 4.78 is 14.5. The van der Waals surface area contributed by atoms with Crippen molar-refractivity contribution in [2.45, 2.75) is 0 Å². The lowest BCUT2D eigenvalue weighted by Gasteiger charge is -2.01. The second kappa shape index (κ2) is 5.26. The Morgan fingerprint density at radius 2 is 1.24 bits per heavy atom. The average Bonchev–Trinajstić information content (AvgIpc) is 3.44. The summed E-state index contributed by atoms with van der Waals surface area (Å²) in [5.41, 5.74) is 5.39. The summed E-state index contributed by atoms with van der Waals surface area (Å²) in [6.07, 6.45) is 0. The van der Waals surface area contributed by atoms with E-state index in [9.17, 15) is 0 Å². The first-order valence-corrected chi connectivity index (χ1v) is 9.58. The molecule has 29 heavy (non-hydrogen) atoms. The lowest BCUT2D eigenvalue weighted by Crippen LogP contribution is -1.93. The van der Waals surface area contributed by atoms with Crippen LogP contribution < -0.4 is 0 Å². The van der Waals surface area contributed by atoms with Crippen molar-refractivity contribution >= 4 is 54.8 Å². The van der Waals surface area contributed by atoms with E-state index in [1.165, 1.54) is 10.8 Å². The summed E-state index contributed by atoms with van der Waals surface area (Å²) >= 11 is 0. The number of hydrogen-bond acceptors (Lipinski definition) is 3. The molecule has 0 spiro atoms. The third kappa shape index (κ3) is 1.90. The lowest BCUT2D eigenvalue weighted by molar-refractivity contribution is 0.577. The van der Waals surface area contributed by atoms with E-state index in [2.05, 4.69) is 47.0 Å². The Morgan fingerprint density at radius 3 is 2.00 bits per heavy atom. The highest BCUT2D eigenvalue weighted by atomic mass is 16.4. The normalized spacial score (nSPS) is 12.1. The summed E-state index contributed by atoms with van der Waals surface area (Å²) in [4.78, 5) is 4.85. The molecule has 0 saturated heterocycles. The van der Waals surface area contributed by atoms with Gasteiger partial charge in [0.05, 0.1) is 16.4 Å². The monoisotopic (exact) mass is 374 g/mol. The molecule has 3 heterocycles. The van der Waals surface area contributed by atoms with Crippen molar-refractivity contribution in [1.29, 1.82) is 0 Å². The van der Waals surface area contributed by atoms with Gasteiger partial charge in [-0.1, -0.05) is 54.6 Å². The third-order valence-electron chi connectivity index (χ3n) is 5.66.